The summed E-state index contributed by atoms with van der Waals surface area (Å²) in [7, 11) is 0. The second-order valence-electron chi connectivity index (χ2n) is 6.74. The Labute approximate surface area is 153 Å². The molecule has 2 aromatic carbocycles. The minimum Gasteiger partial charge on any atom is -0.508 e. The number of amides is 2. The van der Waals surface area contributed by atoms with E-state index < -0.39 is 6.04 Å². The number of nitrogens with zero attached hydrogens (tertiary/aromatic N) is 1. The van der Waals surface area contributed by atoms with Gasteiger partial charge in [0.2, 0.25) is 5.91 Å². The number of carbonyl (C=O) groups excluding carboxylic acids is 2. The maximum Gasteiger partial charge on any atom is 0.256 e. The monoisotopic (exact) mass is 352 g/mol. The number of hydrogen-bond acceptors (Lipinski definition) is 4. The largest absolute Gasteiger partial charge is 0.508 e. The third-order valence-electron chi connectivity index (χ3n) is 4.68. The minimum atomic E-state index is -0.572. The van der Waals surface area contributed by atoms with E-state index in [1.807, 2.05) is 12.1 Å². The number of imide groups is 1. The molecule has 1 fully saturated rings. The standard InChI is InChI=1S/C21H24N2O3/c1-3-4-5-15-6-8-16(9-7-15)22-18-13-20(25)23(21(18)26)19-11-10-17(24)12-14(19)2/h6-12,18,22,24H,3-5,13H2,1-2H3. The molecule has 1 aliphatic rings. The summed E-state index contributed by atoms with van der Waals surface area (Å²) in [6, 6.07) is 12.1. The molecule has 0 bridgehead atoms. The van der Waals surface area contributed by atoms with Crippen molar-refractivity contribution in [1.82, 2.24) is 0 Å². The second-order valence-corrected chi connectivity index (χ2v) is 6.74. The molecule has 26 heavy (non-hydrogen) atoms. The lowest BCUT2D eigenvalue weighted by atomic mass is 10.1. The van der Waals surface area contributed by atoms with E-state index in [-0.39, 0.29) is 24.0 Å². The highest BCUT2D eigenvalue weighted by atomic mass is 16.3. The Morgan fingerprint density at radius 3 is 2.54 bits per heavy atom. The summed E-state index contributed by atoms with van der Waals surface area (Å²) in [5, 5.41) is 12.7. The number of aromatic hydroxyl groups is 1. The van der Waals surface area contributed by atoms with Crippen molar-refractivity contribution in [3.63, 3.8) is 0 Å². The first-order chi connectivity index (χ1) is 12.5. The first-order valence-corrected chi connectivity index (χ1v) is 9.01. The SMILES string of the molecule is CCCCc1ccc(NC2CC(=O)N(c3ccc(O)cc3C)C2=O)cc1. The van der Waals surface area contributed by atoms with Crippen molar-refractivity contribution in [2.24, 2.45) is 0 Å². The fourth-order valence-corrected chi connectivity index (χ4v) is 3.24. The second kappa shape index (κ2) is 7.60. The van der Waals surface area contributed by atoms with E-state index in [4.69, 9.17) is 0 Å². The lowest BCUT2D eigenvalue weighted by Crippen LogP contribution is -2.35. The molecule has 1 aliphatic heterocycles. The molecule has 0 aromatic heterocycles. The zero-order chi connectivity index (χ0) is 18.7. The number of rotatable bonds is 6. The van der Waals surface area contributed by atoms with E-state index in [0.29, 0.717) is 11.3 Å². The van der Waals surface area contributed by atoms with Crippen LogP contribution in [0, 0.1) is 6.92 Å². The molecule has 5 nitrogen and oxygen atoms in total. The Balaban J connectivity index is 1.72. The van der Waals surface area contributed by atoms with Crippen LogP contribution in [0.5, 0.6) is 5.75 Å². The highest BCUT2D eigenvalue weighted by Gasteiger charge is 2.40. The number of carbonyl (C=O) groups is 2. The summed E-state index contributed by atoms with van der Waals surface area (Å²) in [5.41, 5.74) is 3.32. The Morgan fingerprint density at radius 2 is 1.88 bits per heavy atom. The summed E-state index contributed by atoms with van der Waals surface area (Å²) in [5.74, 6) is -0.386. The molecular formula is C21H24N2O3. The lowest BCUT2D eigenvalue weighted by Gasteiger charge is -2.18. The molecule has 1 atom stereocenters. The highest BCUT2D eigenvalue weighted by molar-refractivity contribution is 6.23. The van der Waals surface area contributed by atoms with E-state index >= 15 is 0 Å². The third-order valence-corrected chi connectivity index (χ3v) is 4.68. The van der Waals surface area contributed by atoms with Crippen LogP contribution in [0.3, 0.4) is 0 Å². The van der Waals surface area contributed by atoms with Crippen molar-refractivity contribution in [3.05, 3.63) is 53.6 Å². The quantitative estimate of drug-likeness (QED) is 0.776. The molecule has 136 valence electrons. The summed E-state index contributed by atoms with van der Waals surface area (Å²) in [4.78, 5) is 26.4. The third kappa shape index (κ3) is 3.72. The molecule has 0 spiro atoms. The van der Waals surface area contributed by atoms with Crippen LogP contribution in [0.2, 0.25) is 0 Å². The van der Waals surface area contributed by atoms with Gasteiger partial charge in [-0.15, -0.1) is 0 Å². The predicted octanol–water partition coefficient (Wildman–Crippen LogP) is 3.79. The van der Waals surface area contributed by atoms with Gasteiger partial charge in [0.15, 0.2) is 0 Å². The average Bonchev–Trinajstić information content (AvgIpc) is 2.88. The van der Waals surface area contributed by atoms with E-state index in [9.17, 15) is 14.7 Å². The highest BCUT2D eigenvalue weighted by Crippen LogP contribution is 2.29. The van der Waals surface area contributed by atoms with Gasteiger partial charge < -0.3 is 10.4 Å². The summed E-state index contributed by atoms with van der Waals surface area (Å²) in [6.07, 6.45) is 3.48. The van der Waals surface area contributed by atoms with Crippen molar-refractivity contribution in [1.29, 1.82) is 0 Å². The van der Waals surface area contributed by atoms with Gasteiger partial charge in [-0.25, -0.2) is 4.90 Å². The van der Waals surface area contributed by atoms with Gasteiger partial charge in [-0.1, -0.05) is 25.5 Å². The summed E-state index contributed by atoms with van der Waals surface area (Å²) >= 11 is 0. The van der Waals surface area contributed by atoms with Crippen LogP contribution in [0.4, 0.5) is 11.4 Å². The molecule has 1 heterocycles. The van der Waals surface area contributed by atoms with Crippen LogP contribution >= 0.6 is 0 Å². The fourth-order valence-electron chi connectivity index (χ4n) is 3.24. The van der Waals surface area contributed by atoms with Gasteiger partial charge in [0.1, 0.15) is 11.8 Å². The molecule has 0 radical (unpaired) electrons. The Morgan fingerprint density at radius 1 is 1.15 bits per heavy atom. The van der Waals surface area contributed by atoms with Gasteiger partial charge in [-0.05, 0) is 61.2 Å². The van der Waals surface area contributed by atoms with Gasteiger partial charge in [-0.2, -0.15) is 0 Å². The van der Waals surface area contributed by atoms with E-state index in [2.05, 4.69) is 24.4 Å². The number of hydrogen-bond donors (Lipinski definition) is 2. The summed E-state index contributed by atoms with van der Waals surface area (Å²) < 4.78 is 0. The minimum absolute atomic E-state index is 0.114. The number of unbranched alkanes of at least 4 members (excludes halogenated alkanes) is 1. The first kappa shape index (κ1) is 18.0. The van der Waals surface area contributed by atoms with Crippen molar-refractivity contribution in [2.75, 3.05) is 10.2 Å². The van der Waals surface area contributed by atoms with E-state index in [0.717, 1.165) is 24.9 Å². The maximum absolute atomic E-state index is 12.7. The van der Waals surface area contributed by atoms with E-state index in [1.165, 1.54) is 16.5 Å². The molecule has 2 aromatic rings. The average molecular weight is 352 g/mol. The maximum atomic E-state index is 12.7. The Hall–Kier alpha value is -2.82. The smallest absolute Gasteiger partial charge is 0.256 e. The Kier molecular flexibility index (Phi) is 5.26. The summed E-state index contributed by atoms with van der Waals surface area (Å²) in [6.45, 7) is 3.94. The van der Waals surface area contributed by atoms with Crippen LogP contribution in [0.25, 0.3) is 0 Å². The normalized spacial score (nSPS) is 17.0. The van der Waals surface area contributed by atoms with Crippen molar-refractivity contribution in [3.8, 4) is 5.75 Å². The number of phenols is 1. The van der Waals surface area contributed by atoms with Crippen molar-refractivity contribution < 1.29 is 14.7 Å². The van der Waals surface area contributed by atoms with Crippen LogP contribution in [0.1, 0.15) is 37.3 Å². The molecule has 0 saturated carbocycles. The van der Waals surface area contributed by atoms with Crippen molar-refractivity contribution in [2.45, 2.75) is 45.6 Å². The Bertz CT molecular complexity index is 815. The topological polar surface area (TPSA) is 69.6 Å². The van der Waals surface area contributed by atoms with Gasteiger partial charge in [0.05, 0.1) is 12.1 Å². The van der Waals surface area contributed by atoms with Gasteiger partial charge in [0.25, 0.3) is 5.91 Å². The van der Waals surface area contributed by atoms with Gasteiger partial charge in [-0.3, -0.25) is 9.59 Å². The number of benzene rings is 2. The molecule has 2 N–H and O–H groups in total. The zero-order valence-corrected chi connectivity index (χ0v) is 15.2. The molecular weight excluding hydrogens is 328 g/mol. The molecule has 1 unspecified atom stereocenters. The fraction of sp³-hybridized carbons (Fsp3) is 0.333. The van der Waals surface area contributed by atoms with Crippen LogP contribution in [-0.2, 0) is 16.0 Å². The van der Waals surface area contributed by atoms with Crippen LogP contribution in [0.15, 0.2) is 42.5 Å². The van der Waals surface area contributed by atoms with Gasteiger partial charge in [0, 0.05) is 5.69 Å². The van der Waals surface area contributed by atoms with E-state index in [1.54, 1.807) is 19.1 Å². The van der Waals surface area contributed by atoms with Crippen LogP contribution in [-0.4, -0.2) is 23.0 Å². The number of anilines is 2. The number of nitrogens with one attached hydrogen (secondary N) is 1. The molecule has 5 heteroatoms. The zero-order valence-electron chi connectivity index (χ0n) is 15.2. The molecule has 2 amide bonds. The predicted molar refractivity (Wildman–Crippen MR) is 102 cm³/mol. The molecule has 3 rings (SSSR count). The number of phenolic OH excluding ortho intramolecular Hbond substituents is 1. The lowest BCUT2D eigenvalue weighted by molar-refractivity contribution is -0.121. The number of aryl methyl sites for hydroxylation is 2. The first-order valence-electron chi connectivity index (χ1n) is 9.01. The molecule has 0 aliphatic carbocycles. The van der Waals surface area contributed by atoms with Gasteiger partial charge >= 0.3 is 0 Å². The van der Waals surface area contributed by atoms with Crippen molar-refractivity contribution >= 4 is 23.2 Å². The van der Waals surface area contributed by atoms with Crippen LogP contribution < -0.4 is 10.2 Å². The molecule has 1 saturated heterocycles.